The van der Waals surface area contributed by atoms with Crippen molar-refractivity contribution >= 4 is 27.5 Å². The predicted molar refractivity (Wildman–Crippen MR) is 71.6 cm³/mol. The Morgan fingerprint density at radius 1 is 1.18 bits per heavy atom. The van der Waals surface area contributed by atoms with Gasteiger partial charge in [-0.15, -0.1) is 0 Å². The third kappa shape index (κ3) is 2.68. The van der Waals surface area contributed by atoms with Crippen molar-refractivity contribution in [2.24, 2.45) is 5.73 Å². The first-order valence-electron chi connectivity index (χ1n) is 5.04. The van der Waals surface area contributed by atoms with Crippen LogP contribution in [-0.4, -0.2) is 0 Å². The van der Waals surface area contributed by atoms with E-state index in [1.165, 1.54) is 6.07 Å². The van der Waals surface area contributed by atoms with E-state index in [2.05, 4.69) is 15.9 Å². The Hall–Kier alpha value is -0.900. The molecule has 0 saturated heterocycles. The summed E-state index contributed by atoms with van der Waals surface area (Å²) >= 11 is 9.22. The molecule has 2 rings (SSSR count). The van der Waals surface area contributed by atoms with Gasteiger partial charge in [0.05, 0.1) is 10.5 Å². The summed E-state index contributed by atoms with van der Waals surface area (Å²) in [5.74, 6) is -0.305. The summed E-state index contributed by atoms with van der Waals surface area (Å²) in [5.41, 5.74) is 7.75. The van der Waals surface area contributed by atoms with Crippen LogP contribution in [0.25, 0.3) is 0 Å². The van der Waals surface area contributed by atoms with Crippen molar-refractivity contribution in [1.29, 1.82) is 0 Å². The molecule has 0 heterocycles. The molecule has 0 aliphatic heterocycles. The summed E-state index contributed by atoms with van der Waals surface area (Å²) in [6.45, 7) is 0. The van der Waals surface area contributed by atoms with Crippen LogP contribution in [0.2, 0.25) is 5.02 Å². The van der Waals surface area contributed by atoms with Crippen LogP contribution < -0.4 is 5.73 Å². The number of rotatable bonds is 2. The van der Waals surface area contributed by atoms with Crippen molar-refractivity contribution in [3.8, 4) is 0 Å². The Kier molecular flexibility index (Phi) is 3.82. The number of halogens is 3. The van der Waals surface area contributed by atoms with Crippen molar-refractivity contribution < 1.29 is 4.39 Å². The van der Waals surface area contributed by atoms with Gasteiger partial charge in [-0.25, -0.2) is 4.39 Å². The molecule has 2 N–H and O–H groups in total. The lowest BCUT2D eigenvalue weighted by Crippen LogP contribution is -2.12. The minimum Gasteiger partial charge on any atom is -0.320 e. The molecule has 0 radical (unpaired) electrons. The van der Waals surface area contributed by atoms with Crippen LogP contribution in [0, 0.1) is 5.82 Å². The van der Waals surface area contributed by atoms with Crippen LogP contribution in [-0.2, 0) is 0 Å². The van der Waals surface area contributed by atoms with Gasteiger partial charge >= 0.3 is 0 Å². The number of nitrogens with two attached hydrogens (primary N) is 1. The molecule has 4 heteroatoms. The van der Waals surface area contributed by atoms with E-state index in [1.807, 2.05) is 18.2 Å². The largest absolute Gasteiger partial charge is 0.320 e. The van der Waals surface area contributed by atoms with Crippen LogP contribution in [0.15, 0.2) is 46.9 Å². The van der Waals surface area contributed by atoms with E-state index in [0.29, 0.717) is 9.50 Å². The van der Waals surface area contributed by atoms with Crippen LogP contribution in [0.1, 0.15) is 17.2 Å². The molecule has 0 aliphatic rings. The zero-order valence-corrected chi connectivity index (χ0v) is 11.2. The molecule has 0 aromatic heterocycles. The molecule has 1 unspecified atom stereocenters. The first-order valence-corrected chi connectivity index (χ1v) is 6.21. The lowest BCUT2D eigenvalue weighted by molar-refractivity contribution is 0.619. The highest BCUT2D eigenvalue weighted by atomic mass is 79.9. The van der Waals surface area contributed by atoms with Crippen molar-refractivity contribution in [3.05, 3.63) is 68.9 Å². The van der Waals surface area contributed by atoms with E-state index >= 15 is 0 Å². The molecule has 0 fully saturated rings. The maximum atomic E-state index is 13.1. The lowest BCUT2D eigenvalue weighted by atomic mass is 10.00. The Bertz CT molecular complexity index is 545. The molecular formula is C13H10BrClFN. The van der Waals surface area contributed by atoms with E-state index in [4.69, 9.17) is 17.3 Å². The molecule has 17 heavy (non-hydrogen) atoms. The van der Waals surface area contributed by atoms with Gasteiger partial charge in [0, 0.05) is 5.02 Å². The normalized spacial score (nSPS) is 12.5. The summed E-state index contributed by atoms with van der Waals surface area (Å²) < 4.78 is 13.5. The van der Waals surface area contributed by atoms with Crippen molar-refractivity contribution in [2.75, 3.05) is 0 Å². The Labute approximate surface area is 113 Å². The Morgan fingerprint density at radius 3 is 2.53 bits per heavy atom. The summed E-state index contributed by atoms with van der Waals surface area (Å²) in [6.07, 6.45) is 0. The van der Waals surface area contributed by atoms with Gasteiger partial charge in [-0.05, 0) is 45.3 Å². The fraction of sp³-hybridized carbons (Fsp3) is 0.0769. The highest BCUT2D eigenvalue weighted by Crippen LogP contribution is 2.28. The molecule has 1 nitrogen and oxygen atoms in total. The zero-order chi connectivity index (χ0) is 12.4. The van der Waals surface area contributed by atoms with E-state index in [9.17, 15) is 4.39 Å². The number of hydrogen-bond acceptors (Lipinski definition) is 1. The molecule has 1 atom stereocenters. The minimum absolute atomic E-state index is 0.305. The second-order valence-electron chi connectivity index (χ2n) is 3.67. The molecule has 88 valence electrons. The summed E-state index contributed by atoms with van der Waals surface area (Å²) in [4.78, 5) is 0. The second kappa shape index (κ2) is 5.17. The quantitative estimate of drug-likeness (QED) is 0.879. The van der Waals surface area contributed by atoms with Gasteiger partial charge in [0.1, 0.15) is 5.82 Å². The van der Waals surface area contributed by atoms with Gasteiger partial charge in [0.2, 0.25) is 0 Å². The molecule has 2 aromatic carbocycles. The van der Waals surface area contributed by atoms with Crippen LogP contribution in [0.3, 0.4) is 0 Å². The average Bonchev–Trinajstić information content (AvgIpc) is 2.32. The van der Waals surface area contributed by atoms with E-state index in [1.54, 1.807) is 18.2 Å². The van der Waals surface area contributed by atoms with Crippen molar-refractivity contribution in [1.82, 2.24) is 0 Å². The van der Waals surface area contributed by atoms with Gasteiger partial charge < -0.3 is 5.73 Å². The summed E-state index contributed by atoms with van der Waals surface area (Å²) in [6, 6.07) is 11.7. The maximum Gasteiger partial charge on any atom is 0.137 e. The van der Waals surface area contributed by atoms with Gasteiger partial charge in [0.25, 0.3) is 0 Å². The van der Waals surface area contributed by atoms with Gasteiger partial charge in [-0.3, -0.25) is 0 Å². The fourth-order valence-corrected chi connectivity index (χ4v) is 2.26. The minimum atomic E-state index is -0.361. The third-order valence-electron chi connectivity index (χ3n) is 2.54. The molecular weight excluding hydrogens is 305 g/mol. The predicted octanol–water partition coefficient (Wildman–Crippen LogP) is 4.29. The van der Waals surface area contributed by atoms with Gasteiger partial charge in [-0.2, -0.15) is 0 Å². The molecule has 0 aliphatic carbocycles. The average molecular weight is 315 g/mol. The number of hydrogen-bond donors (Lipinski definition) is 1. The third-order valence-corrected chi connectivity index (χ3v) is 3.49. The van der Waals surface area contributed by atoms with Gasteiger partial charge in [-0.1, -0.05) is 35.9 Å². The summed E-state index contributed by atoms with van der Waals surface area (Å²) in [5, 5.41) is 0.612. The van der Waals surface area contributed by atoms with E-state index in [0.717, 1.165) is 11.1 Å². The maximum absolute atomic E-state index is 13.1. The number of benzene rings is 2. The standard InChI is InChI=1S/C13H10BrClFN/c14-10-7-8(5-6-12(10)16)13(17)9-3-1-2-4-11(9)15/h1-7,13H,17H2. The summed E-state index contributed by atoms with van der Waals surface area (Å²) in [7, 11) is 0. The van der Waals surface area contributed by atoms with E-state index < -0.39 is 0 Å². The smallest absolute Gasteiger partial charge is 0.137 e. The molecule has 0 amide bonds. The van der Waals surface area contributed by atoms with Crippen molar-refractivity contribution in [2.45, 2.75) is 6.04 Å². The highest BCUT2D eigenvalue weighted by Gasteiger charge is 2.13. The SMILES string of the molecule is NC(c1ccc(F)c(Br)c1)c1ccccc1Cl. The topological polar surface area (TPSA) is 26.0 Å². The van der Waals surface area contributed by atoms with E-state index in [-0.39, 0.29) is 11.9 Å². The zero-order valence-electron chi connectivity index (χ0n) is 8.83. The first-order chi connectivity index (χ1) is 8.09. The van der Waals surface area contributed by atoms with Crippen LogP contribution >= 0.6 is 27.5 Å². The molecule has 0 spiro atoms. The fourth-order valence-electron chi connectivity index (χ4n) is 1.61. The lowest BCUT2D eigenvalue weighted by Gasteiger charge is -2.14. The second-order valence-corrected chi connectivity index (χ2v) is 4.93. The van der Waals surface area contributed by atoms with Crippen LogP contribution in [0.4, 0.5) is 4.39 Å². The molecule has 0 bridgehead atoms. The Morgan fingerprint density at radius 2 is 1.88 bits per heavy atom. The first kappa shape index (κ1) is 12.6. The monoisotopic (exact) mass is 313 g/mol. The highest BCUT2D eigenvalue weighted by molar-refractivity contribution is 9.10. The Balaban J connectivity index is 2.40. The molecule has 0 saturated carbocycles. The van der Waals surface area contributed by atoms with Gasteiger partial charge in [0.15, 0.2) is 0 Å². The van der Waals surface area contributed by atoms with Crippen molar-refractivity contribution in [3.63, 3.8) is 0 Å². The van der Waals surface area contributed by atoms with Crippen LogP contribution in [0.5, 0.6) is 0 Å². The molecule has 2 aromatic rings.